The number of carbonyl (C=O) groups is 1. The molecule has 23 heavy (non-hydrogen) atoms. The summed E-state index contributed by atoms with van der Waals surface area (Å²) in [7, 11) is 0. The summed E-state index contributed by atoms with van der Waals surface area (Å²) in [6, 6.07) is 16.2. The summed E-state index contributed by atoms with van der Waals surface area (Å²) in [5, 5.41) is 0. The van der Waals surface area contributed by atoms with Crippen LogP contribution < -0.4 is 5.73 Å². The lowest BCUT2D eigenvalue weighted by atomic mass is 10.2. The molecular formula is C18H19BrN2OS. The van der Waals surface area contributed by atoms with Crippen molar-refractivity contribution in [3.05, 3.63) is 64.1 Å². The number of thioether (sulfide) groups is 1. The van der Waals surface area contributed by atoms with E-state index in [1.807, 2.05) is 41.3 Å². The topological polar surface area (TPSA) is 46.3 Å². The molecule has 0 aromatic heterocycles. The van der Waals surface area contributed by atoms with E-state index in [1.165, 1.54) is 5.56 Å². The Morgan fingerprint density at radius 2 is 1.96 bits per heavy atom. The minimum absolute atomic E-state index is 0.0943. The van der Waals surface area contributed by atoms with Crippen LogP contribution >= 0.6 is 27.7 Å². The Morgan fingerprint density at radius 1 is 1.22 bits per heavy atom. The summed E-state index contributed by atoms with van der Waals surface area (Å²) in [5.41, 5.74) is 7.94. The van der Waals surface area contributed by atoms with Crippen LogP contribution in [0.5, 0.6) is 0 Å². The van der Waals surface area contributed by atoms with E-state index in [0.29, 0.717) is 6.54 Å². The van der Waals surface area contributed by atoms with Crippen LogP contribution in [0.15, 0.2) is 57.9 Å². The van der Waals surface area contributed by atoms with Gasteiger partial charge in [-0.25, -0.2) is 0 Å². The van der Waals surface area contributed by atoms with Gasteiger partial charge < -0.3 is 10.6 Å². The minimum atomic E-state index is 0.0943. The predicted octanol–water partition coefficient (Wildman–Crippen LogP) is 3.91. The molecule has 5 heteroatoms. The SMILES string of the molecule is N[C@@H]1CCN(C(=O)c2ccccc2SCc2ccc(Br)cc2)C1. The van der Waals surface area contributed by atoms with Crippen LogP contribution in [0.4, 0.5) is 0 Å². The van der Waals surface area contributed by atoms with E-state index in [4.69, 9.17) is 5.73 Å². The lowest BCUT2D eigenvalue weighted by molar-refractivity contribution is 0.0787. The fourth-order valence-electron chi connectivity index (χ4n) is 2.65. The monoisotopic (exact) mass is 390 g/mol. The van der Waals surface area contributed by atoms with Gasteiger partial charge in [0.1, 0.15) is 0 Å². The predicted molar refractivity (Wildman–Crippen MR) is 98.6 cm³/mol. The highest BCUT2D eigenvalue weighted by atomic mass is 79.9. The van der Waals surface area contributed by atoms with E-state index in [0.717, 1.165) is 33.7 Å². The molecule has 1 heterocycles. The van der Waals surface area contributed by atoms with Crippen LogP contribution in [0, 0.1) is 0 Å². The van der Waals surface area contributed by atoms with Gasteiger partial charge in [-0.05, 0) is 36.2 Å². The Labute approximate surface area is 149 Å². The Morgan fingerprint density at radius 3 is 2.65 bits per heavy atom. The van der Waals surface area contributed by atoms with E-state index in [9.17, 15) is 4.79 Å². The van der Waals surface area contributed by atoms with Crippen molar-refractivity contribution in [2.45, 2.75) is 23.1 Å². The van der Waals surface area contributed by atoms with Crippen molar-refractivity contribution in [3.8, 4) is 0 Å². The molecule has 3 nitrogen and oxygen atoms in total. The number of nitrogens with zero attached hydrogens (tertiary/aromatic N) is 1. The highest BCUT2D eigenvalue weighted by Crippen LogP contribution is 2.28. The third-order valence-corrected chi connectivity index (χ3v) is 5.61. The van der Waals surface area contributed by atoms with Crippen molar-refractivity contribution in [1.29, 1.82) is 0 Å². The average Bonchev–Trinajstić information content (AvgIpc) is 3.00. The van der Waals surface area contributed by atoms with E-state index < -0.39 is 0 Å². The van der Waals surface area contributed by atoms with Crippen molar-refractivity contribution in [3.63, 3.8) is 0 Å². The van der Waals surface area contributed by atoms with Gasteiger partial charge in [-0.3, -0.25) is 4.79 Å². The van der Waals surface area contributed by atoms with Crippen LogP contribution in [0.25, 0.3) is 0 Å². The van der Waals surface area contributed by atoms with Crippen LogP contribution in [-0.4, -0.2) is 29.9 Å². The van der Waals surface area contributed by atoms with Gasteiger partial charge in [-0.15, -0.1) is 11.8 Å². The van der Waals surface area contributed by atoms with Crippen LogP contribution in [0.2, 0.25) is 0 Å². The fourth-order valence-corrected chi connectivity index (χ4v) is 3.92. The summed E-state index contributed by atoms with van der Waals surface area (Å²) < 4.78 is 1.08. The van der Waals surface area contributed by atoms with Crippen molar-refractivity contribution in [2.75, 3.05) is 13.1 Å². The molecule has 0 bridgehead atoms. The largest absolute Gasteiger partial charge is 0.337 e. The van der Waals surface area contributed by atoms with Gasteiger partial charge in [0.05, 0.1) is 5.56 Å². The number of hydrogen-bond acceptors (Lipinski definition) is 3. The standard InChI is InChI=1S/C18H19BrN2OS/c19-14-7-5-13(6-8-14)12-23-17-4-2-1-3-16(17)18(22)21-10-9-15(20)11-21/h1-8,15H,9-12,20H2/t15-/m1/s1. The molecule has 1 aliphatic rings. The molecule has 1 saturated heterocycles. The van der Waals surface area contributed by atoms with Gasteiger partial charge in [0.25, 0.3) is 5.91 Å². The third kappa shape index (κ3) is 4.16. The van der Waals surface area contributed by atoms with Gasteiger partial charge in [0.2, 0.25) is 0 Å². The maximum absolute atomic E-state index is 12.7. The maximum atomic E-state index is 12.7. The highest BCUT2D eigenvalue weighted by molar-refractivity contribution is 9.10. The molecule has 1 amide bonds. The normalized spacial score (nSPS) is 17.5. The second-order valence-electron chi connectivity index (χ2n) is 5.71. The number of rotatable bonds is 4. The molecule has 1 fully saturated rings. The molecular weight excluding hydrogens is 372 g/mol. The molecule has 0 radical (unpaired) electrons. The first-order valence-electron chi connectivity index (χ1n) is 7.64. The lowest BCUT2D eigenvalue weighted by Gasteiger charge is -2.18. The third-order valence-electron chi connectivity index (χ3n) is 3.94. The number of likely N-dealkylation sites (tertiary alicyclic amines) is 1. The summed E-state index contributed by atoms with van der Waals surface area (Å²) >= 11 is 5.15. The number of amides is 1. The quantitative estimate of drug-likeness (QED) is 0.804. The second kappa shape index (κ2) is 7.51. The summed E-state index contributed by atoms with van der Waals surface area (Å²) in [6.45, 7) is 1.41. The number of hydrogen-bond donors (Lipinski definition) is 1. The highest BCUT2D eigenvalue weighted by Gasteiger charge is 2.25. The van der Waals surface area contributed by atoms with Crippen LogP contribution in [-0.2, 0) is 5.75 Å². The molecule has 1 aliphatic heterocycles. The number of halogens is 1. The number of benzene rings is 2. The molecule has 0 saturated carbocycles. The van der Waals surface area contributed by atoms with Crippen molar-refractivity contribution in [1.82, 2.24) is 4.90 Å². The smallest absolute Gasteiger partial charge is 0.255 e. The summed E-state index contributed by atoms with van der Waals surface area (Å²) in [4.78, 5) is 15.6. The van der Waals surface area contributed by atoms with Crippen LogP contribution in [0.3, 0.4) is 0 Å². The van der Waals surface area contributed by atoms with Crippen molar-refractivity contribution >= 4 is 33.6 Å². The number of nitrogens with two attached hydrogens (primary N) is 1. The van der Waals surface area contributed by atoms with Crippen molar-refractivity contribution < 1.29 is 4.79 Å². The van der Waals surface area contributed by atoms with Crippen LogP contribution in [0.1, 0.15) is 22.3 Å². The van der Waals surface area contributed by atoms with E-state index >= 15 is 0 Å². The molecule has 0 aliphatic carbocycles. The van der Waals surface area contributed by atoms with Gasteiger partial charge in [0, 0.05) is 34.3 Å². The maximum Gasteiger partial charge on any atom is 0.255 e. The zero-order chi connectivity index (χ0) is 16.2. The summed E-state index contributed by atoms with van der Waals surface area (Å²) in [5.74, 6) is 0.939. The van der Waals surface area contributed by atoms with Crippen molar-refractivity contribution in [2.24, 2.45) is 5.73 Å². The second-order valence-corrected chi connectivity index (χ2v) is 7.64. The zero-order valence-corrected chi connectivity index (χ0v) is 15.1. The Balaban J connectivity index is 1.72. The first-order chi connectivity index (χ1) is 11.1. The van der Waals surface area contributed by atoms with Gasteiger partial charge in [-0.1, -0.05) is 40.2 Å². The molecule has 2 aromatic carbocycles. The lowest BCUT2D eigenvalue weighted by Crippen LogP contribution is -2.32. The molecule has 0 unspecified atom stereocenters. The van der Waals surface area contributed by atoms with Gasteiger partial charge >= 0.3 is 0 Å². The minimum Gasteiger partial charge on any atom is -0.337 e. The molecule has 2 aromatic rings. The molecule has 1 atom stereocenters. The van der Waals surface area contributed by atoms with E-state index in [2.05, 4.69) is 28.1 Å². The van der Waals surface area contributed by atoms with Gasteiger partial charge in [0.15, 0.2) is 0 Å². The average molecular weight is 391 g/mol. The Bertz CT molecular complexity index is 690. The molecule has 2 N–H and O–H groups in total. The molecule has 0 spiro atoms. The Kier molecular flexibility index (Phi) is 5.41. The fraction of sp³-hybridized carbons (Fsp3) is 0.278. The zero-order valence-electron chi connectivity index (χ0n) is 12.7. The van der Waals surface area contributed by atoms with E-state index in [-0.39, 0.29) is 11.9 Å². The summed E-state index contributed by atoms with van der Waals surface area (Å²) in [6.07, 6.45) is 0.889. The van der Waals surface area contributed by atoms with Gasteiger partial charge in [-0.2, -0.15) is 0 Å². The van der Waals surface area contributed by atoms with E-state index in [1.54, 1.807) is 11.8 Å². The number of carbonyl (C=O) groups excluding carboxylic acids is 1. The molecule has 3 rings (SSSR count). The first kappa shape index (κ1) is 16.6. The molecule has 120 valence electrons. The first-order valence-corrected chi connectivity index (χ1v) is 9.42. The Hall–Kier alpha value is -1.30.